The zero-order valence-electron chi connectivity index (χ0n) is 11.1. The van der Waals surface area contributed by atoms with E-state index in [9.17, 15) is 9.59 Å². The number of aromatic nitrogens is 2. The van der Waals surface area contributed by atoms with Crippen LogP contribution in [0.25, 0.3) is 5.82 Å². The molecule has 20 heavy (non-hydrogen) atoms. The standard InChI is InChI=1S/C14H13BrN2O3/c1-3-20-14(19)10-8-11(15)9(2)17(13(10)18)12-6-4-5-7-16-12/h4-8H,3H2,1-2H3. The van der Waals surface area contributed by atoms with Crippen LogP contribution in [-0.4, -0.2) is 22.1 Å². The molecule has 0 radical (unpaired) electrons. The summed E-state index contributed by atoms with van der Waals surface area (Å²) in [5.41, 5.74) is 0.208. The highest BCUT2D eigenvalue weighted by atomic mass is 79.9. The second kappa shape index (κ2) is 6.00. The zero-order valence-corrected chi connectivity index (χ0v) is 12.7. The van der Waals surface area contributed by atoms with Crippen molar-refractivity contribution < 1.29 is 9.53 Å². The van der Waals surface area contributed by atoms with Gasteiger partial charge in [0.25, 0.3) is 5.56 Å². The fourth-order valence-electron chi connectivity index (χ4n) is 1.79. The van der Waals surface area contributed by atoms with Gasteiger partial charge in [0.15, 0.2) is 0 Å². The SMILES string of the molecule is CCOC(=O)c1cc(Br)c(C)n(-c2ccccn2)c1=O. The molecule has 5 nitrogen and oxygen atoms in total. The molecule has 104 valence electrons. The Morgan fingerprint density at radius 1 is 1.45 bits per heavy atom. The van der Waals surface area contributed by atoms with Gasteiger partial charge in [-0.3, -0.25) is 9.36 Å². The van der Waals surface area contributed by atoms with Crippen LogP contribution in [0.2, 0.25) is 0 Å². The molecule has 0 fully saturated rings. The van der Waals surface area contributed by atoms with E-state index in [0.717, 1.165) is 0 Å². The Kier molecular flexibility index (Phi) is 4.34. The van der Waals surface area contributed by atoms with E-state index in [1.165, 1.54) is 10.6 Å². The van der Waals surface area contributed by atoms with Crippen LogP contribution in [0.15, 0.2) is 39.7 Å². The van der Waals surface area contributed by atoms with Crippen LogP contribution in [0.4, 0.5) is 0 Å². The van der Waals surface area contributed by atoms with E-state index < -0.39 is 11.5 Å². The van der Waals surface area contributed by atoms with Gasteiger partial charge >= 0.3 is 5.97 Å². The molecule has 0 aliphatic carbocycles. The van der Waals surface area contributed by atoms with Crippen molar-refractivity contribution in [1.82, 2.24) is 9.55 Å². The zero-order chi connectivity index (χ0) is 14.7. The molecule has 2 heterocycles. The fourth-order valence-corrected chi connectivity index (χ4v) is 2.20. The minimum absolute atomic E-state index is 0.0185. The Bertz CT molecular complexity index is 696. The lowest BCUT2D eigenvalue weighted by atomic mass is 10.2. The molecule has 0 aromatic carbocycles. The van der Waals surface area contributed by atoms with Crippen LogP contribution < -0.4 is 5.56 Å². The Morgan fingerprint density at radius 3 is 2.80 bits per heavy atom. The lowest BCUT2D eigenvalue weighted by Gasteiger charge is -2.12. The predicted octanol–water partition coefficient (Wildman–Crippen LogP) is 2.48. The largest absolute Gasteiger partial charge is 0.462 e. The van der Waals surface area contributed by atoms with Gasteiger partial charge < -0.3 is 4.74 Å². The summed E-state index contributed by atoms with van der Waals surface area (Å²) >= 11 is 3.35. The maximum Gasteiger partial charge on any atom is 0.343 e. The van der Waals surface area contributed by atoms with Gasteiger partial charge in [0, 0.05) is 16.4 Å². The number of ether oxygens (including phenoxy) is 1. The summed E-state index contributed by atoms with van der Waals surface area (Å²) in [6, 6.07) is 6.72. The van der Waals surface area contributed by atoms with Crippen molar-refractivity contribution in [2.45, 2.75) is 13.8 Å². The van der Waals surface area contributed by atoms with E-state index in [2.05, 4.69) is 20.9 Å². The van der Waals surface area contributed by atoms with Gasteiger partial charge in [-0.25, -0.2) is 9.78 Å². The second-order valence-electron chi connectivity index (χ2n) is 4.04. The average Bonchev–Trinajstić information content (AvgIpc) is 2.44. The van der Waals surface area contributed by atoms with Gasteiger partial charge in [-0.1, -0.05) is 6.07 Å². The summed E-state index contributed by atoms with van der Waals surface area (Å²) in [6.45, 7) is 3.68. The Morgan fingerprint density at radius 2 is 2.20 bits per heavy atom. The normalized spacial score (nSPS) is 10.3. The summed E-state index contributed by atoms with van der Waals surface area (Å²) in [5.74, 6) is -0.176. The number of hydrogen-bond acceptors (Lipinski definition) is 4. The predicted molar refractivity (Wildman–Crippen MR) is 78.2 cm³/mol. The number of pyridine rings is 2. The number of nitrogens with zero attached hydrogens (tertiary/aromatic N) is 2. The van der Waals surface area contributed by atoms with Crippen LogP contribution in [0.1, 0.15) is 23.0 Å². The Hall–Kier alpha value is -1.95. The summed E-state index contributed by atoms with van der Waals surface area (Å²) in [4.78, 5) is 28.4. The van der Waals surface area contributed by atoms with Crippen molar-refractivity contribution in [3.05, 3.63) is 56.5 Å². The first kappa shape index (κ1) is 14.5. The van der Waals surface area contributed by atoms with E-state index in [1.54, 1.807) is 38.2 Å². The van der Waals surface area contributed by atoms with Crippen LogP contribution in [0, 0.1) is 6.92 Å². The molecule has 0 unspecified atom stereocenters. The molecule has 0 saturated carbocycles. The monoisotopic (exact) mass is 336 g/mol. The lowest BCUT2D eigenvalue weighted by molar-refractivity contribution is 0.0523. The van der Waals surface area contributed by atoms with Crippen LogP contribution in [-0.2, 0) is 4.74 Å². The van der Waals surface area contributed by atoms with E-state index in [0.29, 0.717) is 16.0 Å². The van der Waals surface area contributed by atoms with Crippen LogP contribution >= 0.6 is 15.9 Å². The number of hydrogen-bond donors (Lipinski definition) is 0. The topological polar surface area (TPSA) is 61.2 Å². The third-order valence-electron chi connectivity index (χ3n) is 2.76. The molecule has 6 heteroatoms. The van der Waals surface area contributed by atoms with Gasteiger partial charge in [0.05, 0.1) is 6.61 Å². The first-order valence-electron chi connectivity index (χ1n) is 6.07. The maximum absolute atomic E-state index is 12.5. The molecule has 0 saturated heterocycles. The Balaban J connectivity index is 2.69. The smallest absolute Gasteiger partial charge is 0.343 e. The van der Waals surface area contributed by atoms with Gasteiger partial charge in [-0.2, -0.15) is 0 Å². The van der Waals surface area contributed by atoms with E-state index in [-0.39, 0.29) is 12.2 Å². The number of halogens is 1. The highest BCUT2D eigenvalue weighted by molar-refractivity contribution is 9.10. The highest BCUT2D eigenvalue weighted by Gasteiger charge is 2.18. The van der Waals surface area contributed by atoms with Crippen LogP contribution in [0.3, 0.4) is 0 Å². The minimum Gasteiger partial charge on any atom is -0.462 e. The number of carbonyl (C=O) groups is 1. The van der Waals surface area contributed by atoms with Crippen molar-refractivity contribution in [3.8, 4) is 5.82 Å². The molecule has 0 N–H and O–H groups in total. The van der Waals surface area contributed by atoms with Crippen molar-refractivity contribution in [2.24, 2.45) is 0 Å². The fraction of sp³-hybridized carbons (Fsp3) is 0.214. The van der Waals surface area contributed by atoms with E-state index in [1.807, 2.05) is 0 Å². The molecule has 2 aromatic rings. The molecule has 2 aromatic heterocycles. The van der Waals surface area contributed by atoms with Crippen LogP contribution in [0.5, 0.6) is 0 Å². The van der Waals surface area contributed by atoms with Gasteiger partial charge in [0.1, 0.15) is 11.4 Å². The first-order chi connectivity index (χ1) is 9.56. The molecular weight excluding hydrogens is 324 g/mol. The van der Waals surface area contributed by atoms with Gasteiger partial charge in [-0.15, -0.1) is 0 Å². The molecule has 0 aliphatic rings. The summed E-state index contributed by atoms with van der Waals surface area (Å²) in [6.07, 6.45) is 1.59. The van der Waals surface area contributed by atoms with Crippen molar-refractivity contribution in [2.75, 3.05) is 6.61 Å². The molecule has 0 spiro atoms. The average molecular weight is 337 g/mol. The van der Waals surface area contributed by atoms with E-state index >= 15 is 0 Å². The summed E-state index contributed by atoms with van der Waals surface area (Å²) in [5, 5.41) is 0. The third-order valence-corrected chi connectivity index (χ3v) is 3.56. The quantitative estimate of drug-likeness (QED) is 0.808. The molecule has 2 rings (SSSR count). The molecular formula is C14H13BrN2O3. The second-order valence-corrected chi connectivity index (χ2v) is 4.89. The lowest BCUT2D eigenvalue weighted by Crippen LogP contribution is -2.28. The van der Waals surface area contributed by atoms with E-state index in [4.69, 9.17) is 4.74 Å². The highest BCUT2D eigenvalue weighted by Crippen LogP contribution is 2.18. The van der Waals surface area contributed by atoms with Crippen molar-refractivity contribution >= 4 is 21.9 Å². The maximum atomic E-state index is 12.5. The number of carbonyl (C=O) groups excluding carboxylic acids is 1. The third kappa shape index (κ3) is 2.65. The first-order valence-corrected chi connectivity index (χ1v) is 6.86. The molecule has 0 atom stereocenters. The summed E-state index contributed by atoms with van der Waals surface area (Å²) in [7, 11) is 0. The van der Waals surface area contributed by atoms with Crippen molar-refractivity contribution in [3.63, 3.8) is 0 Å². The Labute approximate surface area is 124 Å². The number of esters is 1. The number of rotatable bonds is 3. The van der Waals surface area contributed by atoms with Gasteiger partial charge in [-0.05, 0) is 48.0 Å². The molecule has 0 aliphatic heterocycles. The van der Waals surface area contributed by atoms with Gasteiger partial charge in [0.2, 0.25) is 0 Å². The summed E-state index contributed by atoms with van der Waals surface area (Å²) < 4.78 is 6.93. The molecule has 0 amide bonds. The minimum atomic E-state index is -0.636. The molecule has 0 bridgehead atoms. The van der Waals surface area contributed by atoms with Crippen molar-refractivity contribution in [1.29, 1.82) is 0 Å².